The SMILES string of the molecule is COc1ccc(N2C(=O)C(Nc3cccc(C)c3C)=C(c3ccc(Cl)cc3)C2=O)cc1. The van der Waals surface area contributed by atoms with Gasteiger partial charge in [0.05, 0.1) is 18.4 Å². The van der Waals surface area contributed by atoms with Crippen LogP contribution in [0.1, 0.15) is 16.7 Å². The summed E-state index contributed by atoms with van der Waals surface area (Å²) in [7, 11) is 1.56. The van der Waals surface area contributed by atoms with E-state index in [1.807, 2.05) is 32.0 Å². The standard InChI is InChI=1S/C25H21ClN2O3/c1-15-5-4-6-21(16(15)2)27-23-22(17-7-9-18(26)10-8-17)24(29)28(25(23)30)19-11-13-20(31-3)14-12-19/h4-14,27H,1-3H3. The van der Waals surface area contributed by atoms with Crippen LogP contribution in [0.15, 0.2) is 72.4 Å². The number of rotatable bonds is 5. The van der Waals surface area contributed by atoms with E-state index in [-0.39, 0.29) is 5.70 Å². The molecule has 0 saturated heterocycles. The molecule has 0 saturated carbocycles. The van der Waals surface area contributed by atoms with Gasteiger partial charge in [0.1, 0.15) is 11.4 Å². The molecule has 4 rings (SSSR count). The van der Waals surface area contributed by atoms with Gasteiger partial charge in [0.25, 0.3) is 11.8 Å². The highest BCUT2D eigenvalue weighted by Crippen LogP contribution is 2.35. The Morgan fingerprint density at radius 2 is 1.55 bits per heavy atom. The number of nitrogens with zero attached hydrogens (tertiary/aromatic N) is 1. The molecular weight excluding hydrogens is 412 g/mol. The summed E-state index contributed by atoms with van der Waals surface area (Å²) in [6, 6.07) is 19.5. The van der Waals surface area contributed by atoms with Gasteiger partial charge < -0.3 is 10.1 Å². The average molecular weight is 433 g/mol. The molecule has 0 bridgehead atoms. The van der Waals surface area contributed by atoms with Crippen LogP contribution in [0.5, 0.6) is 5.75 Å². The first-order chi connectivity index (χ1) is 14.9. The summed E-state index contributed by atoms with van der Waals surface area (Å²) in [4.78, 5) is 28.1. The molecule has 5 nitrogen and oxygen atoms in total. The Kier molecular flexibility index (Phi) is 5.53. The lowest BCUT2D eigenvalue weighted by atomic mass is 10.0. The lowest BCUT2D eigenvalue weighted by Gasteiger charge is -2.16. The summed E-state index contributed by atoms with van der Waals surface area (Å²) >= 11 is 6.04. The van der Waals surface area contributed by atoms with E-state index in [4.69, 9.17) is 16.3 Å². The predicted octanol–water partition coefficient (Wildman–Crippen LogP) is 5.36. The van der Waals surface area contributed by atoms with Crippen molar-refractivity contribution in [2.24, 2.45) is 0 Å². The molecule has 6 heteroatoms. The van der Waals surface area contributed by atoms with Crippen LogP contribution >= 0.6 is 11.6 Å². The Labute approximate surface area is 185 Å². The van der Waals surface area contributed by atoms with Crippen molar-refractivity contribution in [3.05, 3.63) is 94.1 Å². The van der Waals surface area contributed by atoms with Crippen molar-refractivity contribution < 1.29 is 14.3 Å². The van der Waals surface area contributed by atoms with Gasteiger partial charge in [-0.25, -0.2) is 4.90 Å². The molecule has 3 aromatic rings. The summed E-state index contributed by atoms with van der Waals surface area (Å²) in [5.74, 6) is -0.172. The Balaban J connectivity index is 1.82. The highest BCUT2D eigenvalue weighted by molar-refractivity contribution is 6.46. The second-order valence-electron chi connectivity index (χ2n) is 7.27. The Bertz CT molecular complexity index is 1200. The van der Waals surface area contributed by atoms with E-state index in [0.29, 0.717) is 27.6 Å². The number of ether oxygens (including phenoxy) is 1. The molecule has 0 aromatic heterocycles. The summed E-state index contributed by atoms with van der Waals surface area (Å²) in [6.07, 6.45) is 0. The fourth-order valence-corrected chi connectivity index (χ4v) is 3.64. The number of halogens is 1. The monoisotopic (exact) mass is 432 g/mol. The number of imide groups is 1. The average Bonchev–Trinajstić information content (AvgIpc) is 3.01. The van der Waals surface area contributed by atoms with Gasteiger partial charge in [0, 0.05) is 10.7 Å². The topological polar surface area (TPSA) is 58.6 Å². The minimum absolute atomic E-state index is 0.233. The maximum absolute atomic E-state index is 13.5. The summed E-state index contributed by atoms with van der Waals surface area (Å²) < 4.78 is 5.19. The first-order valence-electron chi connectivity index (χ1n) is 9.77. The van der Waals surface area contributed by atoms with Crippen LogP contribution in [-0.2, 0) is 9.59 Å². The van der Waals surface area contributed by atoms with E-state index in [1.165, 1.54) is 4.90 Å². The van der Waals surface area contributed by atoms with Gasteiger partial charge in [-0.1, -0.05) is 35.9 Å². The van der Waals surface area contributed by atoms with Gasteiger partial charge in [-0.3, -0.25) is 9.59 Å². The van der Waals surface area contributed by atoms with Crippen LogP contribution in [0.4, 0.5) is 11.4 Å². The number of nitrogens with one attached hydrogen (secondary N) is 1. The van der Waals surface area contributed by atoms with Gasteiger partial charge in [0.15, 0.2) is 0 Å². The number of anilines is 2. The number of carbonyl (C=O) groups excluding carboxylic acids is 2. The molecule has 0 aliphatic carbocycles. The van der Waals surface area contributed by atoms with Gasteiger partial charge >= 0.3 is 0 Å². The van der Waals surface area contributed by atoms with Crippen LogP contribution in [-0.4, -0.2) is 18.9 Å². The zero-order chi connectivity index (χ0) is 22.1. The molecule has 0 atom stereocenters. The van der Waals surface area contributed by atoms with Crippen molar-refractivity contribution in [2.75, 3.05) is 17.3 Å². The molecule has 2 amide bonds. The molecule has 31 heavy (non-hydrogen) atoms. The zero-order valence-corrected chi connectivity index (χ0v) is 18.2. The number of hydrogen-bond acceptors (Lipinski definition) is 4. The van der Waals surface area contributed by atoms with Gasteiger partial charge in [0.2, 0.25) is 0 Å². The van der Waals surface area contributed by atoms with Gasteiger partial charge in [-0.15, -0.1) is 0 Å². The molecule has 1 N–H and O–H groups in total. The summed E-state index contributed by atoms with van der Waals surface area (Å²) in [5, 5.41) is 3.78. The highest BCUT2D eigenvalue weighted by Gasteiger charge is 2.40. The molecule has 0 unspecified atom stereocenters. The van der Waals surface area contributed by atoms with E-state index in [1.54, 1.807) is 55.6 Å². The highest BCUT2D eigenvalue weighted by atomic mass is 35.5. The van der Waals surface area contributed by atoms with E-state index < -0.39 is 11.8 Å². The maximum atomic E-state index is 13.5. The number of methoxy groups -OCH3 is 1. The molecule has 156 valence electrons. The smallest absolute Gasteiger partial charge is 0.282 e. The molecule has 0 fully saturated rings. The Morgan fingerprint density at radius 1 is 0.871 bits per heavy atom. The summed E-state index contributed by atoms with van der Waals surface area (Å²) in [6.45, 7) is 3.98. The minimum Gasteiger partial charge on any atom is -0.497 e. The van der Waals surface area contributed by atoms with Crippen LogP contribution < -0.4 is 15.0 Å². The van der Waals surface area contributed by atoms with Crippen molar-refractivity contribution in [3.63, 3.8) is 0 Å². The molecule has 1 aliphatic heterocycles. The summed E-state index contributed by atoms with van der Waals surface area (Å²) in [5.41, 5.74) is 4.50. The quantitative estimate of drug-likeness (QED) is 0.551. The number of amides is 2. The normalized spacial score (nSPS) is 13.7. The molecule has 0 spiro atoms. The van der Waals surface area contributed by atoms with Gasteiger partial charge in [-0.2, -0.15) is 0 Å². The van der Waals surface area contributed by atoms with Crippen molar-refractivity contribution in [1.82, 2.24) is 0 Å². The first-order valence-corrected chi connectivity index (χ1v) is 10.1. The van der Waals surface area contributed by atoms with E-state index in [2.05, 4.69) is 5.32 Å². The maximum Gasteiger partial charge on any atom is 0.282 e. The largest absolute Gasteiger partial charge is 0.497 e. The predicted molar refractivity (Wildman–Crippen MR) is 123 cm³/mol. The molecule has 3 aromatic carbocycles. The zero-order valence-electron chi connectivity index (χ0n) is 17.4. The van der Waals surface area contributed by atoms with Crippen molar-refractivity contribution in [3.8, 4) is 5.75 Å². The van der Waals surface area contributed by atoms with Crippen LogP contribution in [0.3, 0.4) is 0 Å². The fourth-order valence-electron chi connectivity index (χ4n) is 3.52. The number of carbonyl (C=O) groups is 2. The third-order valence-corrected chi connectivity index (χ3v) is 5.66. The number of benzene rings is 3. The molecule has 1 aliphatic rings. The lowest BCUT2D eigenvalue weighted by Crippen LogP contribution is -2.32. The van der Waals surface area contributed by atoms with Crippen molar-refractivity contribution in [2.45, 2.75) is 13.8 Å². The van der Waals surface area contributed by atoms with Gasteiger partial charge in [-0.05, 0) is 73.0 Å². The molecular formula is C25H21ClN2O3. The second-order valence-corrected chi connectivity index (χ2v) is 7.71. The first kappa shape index (κ1) is 20.7. The van der Waals surface area contributed by atoms with Crippen LogP contribution in [0.25, 0.3) is 5.57 Å². The molecule has 0 radical (unpaired) electrons. The third kappa shape index (κ3) is 3.80. The Morgan fingerprint density at radius 3 is 2.19 bits per heavy atom. The fraction of sp³-hybridized carbons (Fsp3) is 0.120. The van der Waals surface area contributed by atoms with Crippen LogP contribution in [0, 0.1) is 13.8 Å². The lowest BCUT2D eigenvalue weighted by molar-refractivity contribution is -0.120. The third-order valence-electron chi connectivity index (χ3n) is 5.41. The van der Waals surface area contributed by atoms with E-state index in [0.717, 1.165) is 16.8 Å². The van der Waals surface area contributed by atoms with Crippen molar-refractivity contribution >= 4 is 40.4 Å². The Hall–Kier alpha value is -3.57. The molecule has 1 heterocycles. The van der Waals surface area contributed by atoms with E-state index >= 15 is 0 Å². The minimum atomic E-state index is -0.416. The van der Waals surface area contributed by atoms with E-state index in [9.17, 15) is 9.59 Å². The van der Waals surface area contributed by atoms with Crippen molar-refractivity contribution in [1.29, 1.82) is 0 Å². The second kappa shape index (κ2) is 8.28. The van der Waals surface area contributed by atoms with Crippen LogP contribution in [0.2, 0.25) is 5.02 Å². The number of aryl methyl sites for hydroxylation is 1. The number of hydrogen-bond donors (Lipinski definition) is 1.